The van der Waals surface area contributed by atoms with E-state index in [0.717, 1.165) is 17.7 Å². The Balaban J connectivity index is 1.58. The van der Waals surface area contributed by atoms with Gasteiger partial charge in [0.05, 0.1) is 12.8 Å². The normalized spacial score (nSPS) is 10.9. The van der Waals surface area contributed by atoms with E-state index < -0.39 is 11.6 Å². The van der Waals surface area contributed by atoms with E-state index in [0.29, 0.717) is 24.5 Å². The van der Waals surface area contributed by atoms with Crippen LogP contribution >= 0.6 is 0 Å². The number of hydrogen-bond acceptors (Lipinski definition) is 4. The summed E-state index contributed by atoms with van der Waals surface area (Å²) in [6, 6.07) is 10.7. The number of nitrogens with zero attached hydrogens (tertiary/aromatic N) is 4. The Bertz CT molecular complexity index is 1130. The van der Waals surface area contributed by atoms with Crippen LogP contribution in [0.1, 0.15) is 27.5 Å². The number of hydrogen-bond donors (Lipinski definition) is 0. The van der Waals surface area contributed by atoms with Crippen molar-refractivity contribution >= 4 is 5.91 Å². The third-order valence-electron chi connectivity index (χ3n) is 4.59. The molecule has 1 amide bonds. The van der Waals surface area contributed by atoms with Crippen molar-refractivity contribution in [3.8, 4) is 0 Å². The standard InChI is InChI=1S/C22H18F2N4O2/c23-18-6-5-16(11-19(18)24)13-27-9-8-26-21(27)15-28(14-17-3-1-7-25-12-17)22(29)20-4-2-10-30-20/h1-12H,13-15H2. The van der Waals surface area contributed by atoms with Crippen LogP contribution in [0.3, 0.4) is 0 Å². The van der Waals surface area contributed by atoms with Gasteiger partial charge in [-0.15, -0.1) is 0 Å². The van der Waals surface area contributed by atoms with Gasteiger partial charge in [-0.25, -0.2) is 13.8 Å². The number of benzene rings is 1. The summed E-state index contributed by atoms with van der Waals surface area (Å²) < 4.78 is 33.8. The molecule has 0 aliphatic carbocycles. The average Bonchev–Trinajstić information content (AvgIpc) is 3.43. The van der Waals surface area contributed by atoms with Crippen molar-refractivity contribution in [1.82, 2.24) is 19.4 Å². The number of aromatic nitrogens is 3. The predicted molar refractivity (Wildman–Crippen MR) is 104 cm³/mol. The van der Waals surface area contributed by atoms with Gasteiger partial charge in [-0.1, -0.05) is 12.1 Å². The fourth-order valence-corrected chi connectivity index (χ4v) is 3.11. The minimum absolute atomic E-state index is 0.200. The zero-order valence-corrected chi connectivity index (χ0v) is 15.9. The summed E-state index contributed by atoms with van der Waals surface area (Å²) in [5.74, 6) is -1.26. The van der Waals surface area contributed by atoms with E-state index in [-0.39, 0.29) is 18.2 Å². The van der Waals surface area contributed by atoms with Crippen molar-refractivity contribution in [2.24, 2.45) is 0 Å². The van der Waals surface area contributed by atoms with Crippen LogP contribution < -0.4 is 0 Å². The highest BCUT2D eigenvalue weighted by Crippen LogP contribution is 2.16. The van der Waals surface area contributed by atoms with Crippen LogP contribution in [0.15, 0.2) is 77.9 Å². The number of carbonyl (C=O) groups is 1. The summed E-state index contributed by atoms with van der Waals surface area (Å²) in [7, 11) is 0. The first-order valence-electron chi connectivity index (χ1n) is 9.26. The quantitative estimate of drug-likeness (QED) is 0.463. The van der Waals surface area contributed by atoms with Crippen LogP contribution in [-0.4, -0.2) is 25.3 Å². The smallest absolute Gasteiger partial charge is 0.290 e. The van der Waals surface area contributed by atoms with Crippen LogP contribution in [0.4, 0.5) is 8.78 Å². The molecular formula is C22H18F2N4O2. The number of rotatable bonds is 7. The maximum absolute atomic E-state index is 13.6. The van der Waals surface area contributed by atoms with E-state index in [9.17, 15) is 13.6 Å². The summed E-state index contributed by atoms with van der Waals surface area (Å²) in [5, 5.41) is 0. The second-order valence-electron chi connectivity index (χ2n) is 6.72. The van der Waals surface area contributed by atoms with E-state index in [1.54, 1.807) is 52.5 Å². The second-order valence-corrected chi connectivity index (χ2v) is 6.72. The van der Waals surface area contributed by atoms with E-state index in [1.807, 2.05) is 6.07 Å². The molecule has 8 heteroatoms. The molecule has 0 fully saturated rings. The lowest BCUT2D eigenvalue weighted by Crippen LogP contribution is -2.31. The fraction of sp³-hybridized carbons (Fsp3) is 0.136. The van der Waals surface area contributed by atoms with Gasteiger partial charge in [0.1, 0.15) is 5.82 Å². The van der Waals surface area contributed by atoms with E-state index in [1.165, 1.54) is 12.3 Å². The Kier molecular flexibility index (Phi) is 5.65. The van der Waals surface area contributed by atoms with E-state index in [4.69, 9.17) is 4.42 Å². The lowest BCUT2D eigenvalue weighted by atomic mass is 10.2. The van der Waals surface area contributed by atoms with Crippen LogP contribution in [0, 0.1) is 11.6 Å². The molecule has 0 bridgehead atoms. The van der Waals surface area contributed by atoms with Crippen molar-refractivity contribution in [2.45, 2.75) is 19.6 Å². The molecule has 0 saturated carbocycles. The largest absolute Gasteiger partial charge is 0.459 e. The maximum atomic E-state index is 13.6. The van der Waals surface area contributed by atoms with Gasteiger partial charge in [0, 0.05) is 37.9 Å². The van der Waals surface area contributed by atoms with Crippen LogP contribution in [-0.2, 0) is 19.6 Å². The van der Waals surface area contributed by atoms with Crippen molar-refractivity contribution in [3.63, 3.8) is 0 Å². The van der Waals surface area contributed by atoms with Crippen molar-refractivity contribution in [3.05, 3.63) is 108 Å². The number of carbonyl (C=O) groups excluding carboxylic acids is 1. The summed E-state index contributed by atoms with van der Waals surface area (Å²) in [5.41, 5.74) is 1.44. The van der Waals surface area contributed by atoms with Gasteiger partial charge in [-0.05, 0) is 41.5 Å². The molecule has 1 aromatic carbocycles. The number of halogens is 2. The summed E-state index contributed by atoms with van der Waals surface area (Å²) in [4.78, 5) is 23.0. The summed E-state index contributed by atoms with van der Waals surface area (Å²) in [6.45, 7) is 0.804. The number of amides is 1. The monoisotopic (exact) mass is 408 g/mol. The van der Waals surface area contributed by atoms with Crippen molar-refractivity contribution < 1.29 is 18.0 Å². The molecule has 0 aliphatic rings. The zero-order valence-electron chi connectivity index (χ0n) is 15.9. The minimum atomic E-state index is -0.902. The minimum Gasteiger partial charge on any atom is -0.459 e. The van der Waals surface area contributed by atoms with Gasteiger partial charge in [0.25, 0.3) is 5.91 Å². The van der Waals surface area contributed by atoms with Crippen molar-refractivity contribution in [1.29, 1.82) is 0 Å². The molecule has 0 spiro atoms. The first-order chi connectivity index (χ1) is 14.6. The van der Waals surface area contributed by atoms with Gasteiger partial charge in [0.15, 0.2) is 17.4 Å². The molecule has 3 heterocycles. The van der Waals surface area contributed by atoms with Crippen LogP contribution in [0.5, 0.6) is 0 Å². The van der Waals surface area contributed by atoms with Gasteiger partial charge in [-0.2, -0.15) is 0 Å². The molecule has 6 nitrogen and oxygen atoms in total. The average molecular weight is 408 g/mol. The molecule has 30 heavy (non-hydrogen) atoms. The Morgan fingerprint density at radius 3 is 2.67 bits per heavy atom. The van der Waals surface area contributed by atoms with Gasteiger partial charge in [0.2, 0.25) is 0 Å². The van der Waals surface area contributed by atoms with E-state index in [2.05, 4.69) is 9.97 Å². The third kappa shape index (κ3) is 4.43. The molecule has 4 aromatic rings. The number of pyridine rings is 1. The molecule has 0 unspecified atom stereocenters. The highest BCUT2D eigenvalue weighted by molar-refractivity contribution is 5.91. The van der Waals surface area contributed by atoms with Gasteiger partial charge >= 0.3 is 0 Å². The van der Waals surface area contributed by atoms with E-state index >= 15 is 0 Å². The molecule has 0 saturated heterocycles. The number of imidazole rings is 1. The molecule has 152 valence electrons. The van der Waals surface area contributed by atoms with Crippen LogP contribution in [0.25, 0.3) is 0 Å². The first-order valence-corrected chi connectivity index (χ1v) is 9.26. The highest BCUT2D eigenvalue weighted by Gasteiger charge is 2.21. The summed E-state index contributed by atoms with van der Waals surface area (Å²) in [6.07, 6.45) is 8.14. The third-order valence-corrected chi connectivity index (χ3v) is 4.59. The fourth-order valence-electron chi connectivity index (χ4n) is 3.11. The highest BCUT2D eigenvalue weighted by atomic mass is 19.2. The molecule has 0 aliphatic heterocycles. The molecule has 0 atom stereocenters. The molecular weight excluding hydrogens is 390 g/mol. The second kappa shape index (κ2) is 8.69. The topological polar surface area (TPSA) is 64.2 Å². The number of furan rings is 1. The lowest BCUT2D eigenvalue weighted by Gasteiger charge is -2.22. The Morgan fingerprint density at radius 2 is 1.93 bits per heavy atom. The first kappa shape index (κ1) is 19.5. The van der Waals surface area contributed by atoms with Crippen molar-refractivity contribution in [2.75, 3.05) is 0 Å². The SMILES string of the molecule is O=C(c1ccco1)N(Cc1cccnc1)Cc1nccn1Cc1ccc(F)c(F)c1. The van der Waals surface area contributed by atoms with Gasteiger partial charge < -0.3 is 13.9 Å². The Morgan fingerprint density at radius 1 is 1.03 bits per heavy atom. The Hall–Kier alpha value is -3.81. The Labute approximate surface area is 171 Å². The van der Waals surface area contributed by atoms with Crippen LogP contribution in [0.2, 0.25) is 0 Å². The zero-order chi connectivity index (χ0) is 20.9. The molecule has 3 aromatic heterocycles. The maximum Gasteiger partial charge on any atom is 0.290 e. The summed E-state index contributed by atoms with van der Waals surface area (Å²) >= 11 is 0. The van der Waals surface area contributed by atoms with Gasteiger partial charge in [-0.3, -0.25) is 9.78 Å². The lowest BCUT2D eigenvalue weighted by molar-refractivity contribution is 0.0691. The molecule has 4 rings (SSSR count). The molecule has 0 N–H and O–H groups in total. The molecule has 0 radical (unpaired) electrons. The predicted octanol–water partition coefficient (Wildman–Crippen LogP) is 4.04.